The van der Waals surface area contributed by atoms with Crippen LogP contribution in [0.2, 0.25) is 0 Å². The van der Waals surface area contributed by atoms with Crippen LogP contribution < -0.4 is 0 Å². The molecule has 0 radical (unpaired) electrons. The minimum absolute atomic E-state index is 0.0493. The van der Waals surface area contributed by atoms with Gasteiger partial charge in [0.05, 0.1) is 0 Å². The van der Waals surface area contributed by atoms with Crippen LogP contribution in [0.25, 0.3) is 0 Å². The van der Waals surface area contributed by atoms with Gasteiger partial charge in [-0.15, -0.1) is 0 Å². The second kappa shape index (κ2) is 7.38. The zero-order chi connectivity index (χ0) is 24.9. The average Bonchev–Trinajstić information content (AvgIpc) is 2.70. The lowest BCUT2D eigenvalue weighted by Gasteiger charge is -2.70. The van der Waals surface area contributed by atoms with Gasteiger partial charge in [0, 0.05) is 12.3 Å². The lowest BCUT2D eigenvalue weighted by Crippen LogP contribution is -2.63. The molecule has 2 heteroatoms. The van der Waals surface area contributed by atoms with Crippen molar-refractivity contribution in [1.82, 2.24) is 0 Å². The average molecular weight is 469 g/mol. The zero-order valence-electron chi connectivity index (χ0n) is 23.8. The molecular weight excluding hydrogens is 416 g/mol. The Morgan fingerprint density at radius 2 is 1.41 bits per heavy atom. The van der Waals surface area contributed by atoms with Crippen LogP contribution >= 0.6 is 0 Å². The molecule has 0 aromatic heterocycles. The largest absolute Gasteiger partial charge is 0.462 e. The molecule has 4 saturated carbocycles. The highest BCUT2D eigenvalue weighted by Crippen LogP contribution is 2.75. The number of hydrogen-bond donors (Lipinski definition) is 0. The summed E-state index contributed by atoms with van der Waals surface area (Å²) in [5.41, 5.74) is 3.90. The van der Waals surface area contributed by atoms with Gasteiger partial charge >= 0.3 is 5.97 Å². The highest BCUT2D eigenvalue weighted by Gasteiger charge is 2.67. The molecule has 0 aromatic rings. The van der Waals surface area contributed by atoms with Crippen LogP contribution in [0.15, 0.2) is 11.6 Å². The van der Waals surface area contributed by atoms with Crippen molar-refractivity contribution in [3.05, 3.63) is 11.6 Å². The van der Waals surface area contributed by atoms with E-state index in [9.17, 15) is 4.79 Å². The summed E-state index contributed by atoms with van der Waals surface area (Å²) in [5.74, 6) is 2.09. The maximum Gasteiger partial charge on any atom is 0.302 e. The first kappa shape index (κ1) is 24.9. The highest BCUT2D eigenvalue weighted by molar-refractivity contribution is 5.66. The first-order chi connectivity index (χ1) is 15.6. The van der Waals surface area contributed by atoms with E-state index in [0.717, 1.165) is 18.3 Å². The summed E-state index contributed by atoms with van der Waals surface area (Å²) in [6.07, 6.45) is 15.9. The van der Waals surface area contributed by atoms with Crippen LogP contribution in [0.5, 0.6) is 0 Å². The van der Waals surface area contributed by atoms with Gasteiger partial charge in [-0.1, -0.05) is 67.0 Å². The number of allylic oxidation sites excluding steroid dienone is 2. The number of fused-ring (bicyclic) bond motifs is 7. The standard InChI is InChI=1S/C32H52O2/c1-21(33)34-26-13-17-30(7)22(28(26,4)5)11-15-31(8)23-10-14-29(6)19-18-27(2,3)20-25(29)32(23,9)16-12-24(30)31/h10,22,24-26H,11-20H2,1-9H3/t22-,24+,25+,26?,29+,30+,31+,32-/m1/s1. The summed E-state index contributed by atoms with van der Waals surface area (Å²) in [6.45, 7) is 22.0. The topological polar surface area (TPSA) is 26.3 Å². The molecule has 0 N–H and O–H groups in total. The Morgan fingerprint density at radius 1 is 0.794 bits per heavy atom. The number of esters is 1. The molecule has 5 rings (SSSR count). The molecule has 5 aliphatic rings. The normalized spacial score (nSPS) is 51.1. The van der Waals surface area contributed by atoms with E-state index in [0.29, 0.717) is 33.0 Å². The first-order valence-corrected chi connectivity index (χ1v) is 14.5. The summed E-state index contributed by atoms with van der Waals surface area (Å²) < 4.78 is 5.90. The Hall–Kier alpha value is -0.790. The van der Waals surface area contributed by atoms with Gasteiger partial charge in [-0.3, -0.25) is 4.79 Å². The molecule has 5 aliphatic carbocycles. The van der Waals surface area contributed by atoms with E-state index in [1.807, 2.05) is 5.57 Å². The molecule has 2 nitrogen and oxygen atoms in total. The van der Waals surface area contributed by atoms with Crippen LogP contribution in [0.3, 0.4) is 0 Å². The number of carbonyl (C=O) groups is 1. The number of carbonyl (C=O) groups excluding carboxylic acids is 1. The fourth-order valence-electron chi connectivity index (χ4n) is 11.2. The molecule has 34 heavy (non-hydrogen) atoms. The summed E-state index contributed by atoms with van der Waals surface area (Å²) in [4.78, 5) is 11.9. The van der Waals surface area contributed by atoms with Crippen molar-refractivity contribution in [3.63, 3.8) is 0 Å². The van der Waals surface area contributed by atoms with Gasteiger partial charge in [0.15, 0.2) is 0 Å². The number of hydrogen-bond acceptors (Lipinski definition) is 2. The molecule has 0 aromatic carbocycles. The smallest absolute Gasteiger partial charge is 0.302 e. The molecule has 0 heterocycles. The molecule has 8 atom stereocenters. The van der Waals surface area contributed by atoms with Crippen molar-refractivity contribution >= 4 is 5.97 Å². The summed E-state index contributed by atoms with van der Waals surface area (Å²) in [5, 5.41) is 0. The van der Waals surface area contributed by atoms with Gasteiger partial charge in [0.25, 0.3) is 0 Å². The molecule has 0 amide bonds. The highest BCUT2D eigenvalue weighted by atomic mass is 16.5. The van der Waals surface area contributed by atoms with Crippen molar-refractivity contribution in [2.75, 3.05) is 0 Å². The Labute approximate surface area is 210 Å². The van der Waals surface area contributed by atoms with Gasteiger partial charge in [-0.25, -0.2) is 0 Å². The lowest BCUT2D eigenvalue weighted by molar-refractivity contribution is -0.198. The van der Waals surface area contributed by atoms with E-state index in [2.05, 4.69) is 61.5 Å². The molecule has 0 aliphatic heterocycles. The molecule has 192 valence electrons. The van der Waals surface area contributed by atoms with Gasteiger partial charge < -0.3 is 4.74 Å². The van der Waals surface area contributed by atoms with Crippen molar-refractivity contribution in [2.24, 2.45) is 50.2 Å². The minimum atomic E-state index is -0.110. The summed E-state index contributed by atoms with van der Waals surface area (Å²) >= 11 is 0. The second-order valence-electron chi connectivity index (χ2n) is 15.9. The summed E-state index contributed by atoms with van der Waals surface area (Å²) in [7, 11) is 0. The van der Waals surface area contributed by atoms with Gasteiger partial charge in [-0.2, -0.15) is 0 Å². The van der Waals surface area contributed by atoms with Crippen LogP contribution in [0.4, 0.5) is 0 Å². The molecule has 4 fully saturated rings. The van der Waals surface area contributed by atoms with Crippen LogP contribution in [0, 0.1) is 50.2 Å². The Bertz CT molecular complexity index is 897. The summed E-state index contributed by atoms with van der Waals surface area (Å²) in [6, 6.07) is 0. The maximum atomic E-state index is 11.9. The maximum absolute atomic E-state index is 11.9. The fraction of sp³-hybridized carbons (Fsp3) is 0.906. The Morgan fingerprint density at radius 3 is 2.06 bits per heavy atom. The third kappa shape index (κ3) is 3.28. The van der Waals surface area contributed by atoms with E-state index in [1.165, 1.54) is 57.8 Å². The molecule has 0 spiro atoms. The van der Waals surface area contributed by atoms with E-state index < -0.39 is 0 Å². The van der Waals surface area contributed by atoms with E-state index in [1.54, 1.807) is 6.92 Å². The van der Waals surface area contributed by atoms with Gasteiger partial charge in [-0.05, 0) is 109 Å². The van der Waals surface area contributed by atoms with Crippen molar-refractivity contribution in [2.45, 2.75) is 133 Å². The van der Waals surface area contributed by atoms with E-state index in [-0.39, 0.29) is 17.5 Å². The predicted octanol–water partition coefficient (Wildman–Crippen LogP) is 8.74. The fourth-order valence-corrected chi connectivity index (χ4v) is 11.2. The Kier molecular flexibility index (Phi) is 5.40. The molecule has 0 saturated heterocycles. The van der Waals surface area contributed by atoms with Crippen LogP contribution in [-0.2, 0) is 9.53 Å². The van der Waals surface area contributed by atoms with E-state index in [4.69, 9.17) is 4.74 Å². The van der Waals surface area contributed by atoms with E-state index >= 15 is 0 Å². The van der Waals surface area contributed by atoms with Crippen molar-refractivity contribution < 1.29 is 9.53 Å². The van der Waals surface area contributed by atoms with Crippen molar-refractivity contribution in [1.29, 1.82) is 0 Å². The minimum Gasteiger partial charge on any atom is -0.462 e. The van der Waals surface area contributed by atoms with Crippen LogP contribution in [-0.4, -0.2) is 12.1 Å². The predicted molar refractivity (Wildman–Crippen MR) is 140 cm³/mol. The second-order valence-corrected chi connectivity index (χ2v) is 15.9. The van der Waals surface area contributed by atoms with Crippen LogP contribution in [0.1, 0.15) is 127 Å². The lowest BCUT2D eigenvalue weighted by atomic mass is 9.34. The SMILES string of the molecule is CC(=O)OC1CC[C@@]2(C)[C@H](CC[C@@]3(C)C4=CC[C@@]5(C)CCC(C)(C)C[C@@H]5[C@]4(C)CC[C@@H]23)C1(C)C. The number of ether oxygens (including phenoxy) is 1. The van der Waals surface area contributed by atoms with Crippen molar-refractivity contribution in [3.8, 4) is 0 Å². The van der Waals surface area contributed by atoms with Gasteiger partial charge in [0.1, 0.15) is 6.10 Å². The zero-order valence-corrected chi connectivity index (χ0v) is 23.8. The first-order valence-electron chi connectivity index (χ1n) is 14.5. The third-order valence-electron chi connectivity index (χ3n) is 13.0. The Balaban J connectivity index is 1.51. The number of rotatable bonds is 1. The molecule has 1 unspecified atom stereocenters. The molecule has 0 bridgehead atoms. The molecular formula is C32H52O2. The third-order valence-corrected chi connectivity index (χ3v) is 13.0. The quantitative estimate of drug-likeness (QED) is 0.284. The van der Waals surface area contributed by atoms with Gasteiger partial charge in [0.2, 0.25) is 0 Å². The monoisotopic (exact) mass is 468 g/mol.